The molecule has 4 aromatic rings. The van der Waals surface area contributed by atoms with E-state index in [9.17, 15) is 9.59 Å². The molecule has 8 nitrogen and oxygen atoms in total. The van der Waals surface area contributed by atoms with Gasteiger partial charge in [-0.05, 0) is 62.4 Å². The fourth-order valence-corrected chi connectivity index (χ4v) is 4.73. The number of anilines is 1. The summed E-state index contributed by atoms with van der Waals surface area (Å²) in [5, 5.41) is 3.55. The number of ether oxygens (including phenoxy) is 1. The number of nitrogens with zero attached hydrogens (tertiary/aromatic N) is 4. The molecule has 37 heavy (non-hydrogen) atoms. The summed E-state index contributed by atoms with van der Waals surface area (Å²) in [6, 6.07) is 22.5. The summed E-state index contributed by atoms with van der Waals surface area (Å²) in [4.78, 5) is 35.5. The van der Waals surface area contributed by atoms with E-state index < -0.39 is 0 Å². The second-order valence-corrected chi connectivity index (χ2v) is 9.32. The summed E-state index contributed by atoms with van der Waals surface area (Å²) in [5.74, 6) is 1.44. The first-order valence-corrected chi connectivity index (χ1v) is 12.5. The Bertz CT molecular complexity index is 1460. The third-order valence-corrected chi connectivity index (χ3v) is 6.96. The number of hydrogen-bond donors (Lipinski definition) is 1. The van der Waals surface area contributed by atoms with Gasteiger partial charge in [-0.25, -0.2) is 9.78 Å². The minimum Gasteiger partial charge on any atom is -0.497 e. The predicted molar refractivity (Wildman–Crippen MR) is 146 cm³/mol. The van der Waals surface area contributed by atoms with Crippen molar-refractivity contribution in [3.05, 3.63) is 94.5 Å². The first kappa shape index (κ1) is 24.5. The molecule has 1 unspecified atom stereocenters. The molecule has 1 aliphatic heterocycles. The van der Waals surface area contributed by atoms with E-state index in [-0.39, 0.29) is 17.6 Å². The Morgan fingerprint density at radius 3 is 2.30 bits per heavy atom. The van der Waals surface area contributed by atoms with E-state index in [0.29, 0.717) is 42.9 Å². The van der Waals surface area contributed by atoms with Gasteiger partial charge in [0.1, 0.15) is 11.6 Å². The highest BCUT2D eigenvalue weighted by atomic mass is 16.5. The number of amides is 2. The highest BCUT2D eigenvalue weighted by molar-refractivity contribution is 5.89. The van der Waals surface area contributed by atoms with Gasteiger partial charge in [0.2, 0.25) is 0 Å². The van der Waals surface area contributed by atoms with Gasteiger partial charge in [-0.1, -0.05) is 29.8 Å². The highest BCUT2D eigenvalue weighted by Gasteiger charge is 2.28. The lowest BCUT2D eigenvalue weighted by molar-refractivity contribution is 0.115. The van der Waals surface area contributed by atoms with Gasteiger partial charge in [0.05, 0.1) is 29.7 Å². The van der Waals surface area contributed by atoms with Gasteiger partial charge in [0.25, 0.3) is 5.56 Å². The summed E-state index contributed by atoms with van der Waals surface area (Å²) in [7, 11) is 1.61. The summed E-state index contributed by atoms with van der Waals surface area (Å²) >= 11 is 0. The van der Waals surface area contributed by atoms with E-state index in [1.165, 1.54) is 0 Å². The van der Waals surface area contributed by atoms with Crippen molar-refractivity contribution >= 4 is 22.6 Å². The molecule has 0 aliphatic carbocycles. The number of fused-ring (bicyclic) bond motifs is 1. The number of urea groups is 1. The largest absolute Gasteiger partial charge is 0.497 e. The average molecular weight is 498 g/mol. The molecule has 3 aromatic carbocycles. The summed E-state index contributed by atoms with van der Waals surface area (Å²) in [6.45, 7) is 6.61. The van der Waals surface area contributed by atoms with Crippen LogP contribution in [0.2, 0.25) is 0 Å². The number of para-hydroxylation sites is 1. The minimum absolute atomic E-state index is 0.0752. The van der Waals surface area contributed by atoms with Crippen molar-refractivity contribution in [1.29, 1.82) is 0 Å². The first-order chi connectivity index (χ1) is 17.9. The minimum atomic E-state index is -0.127. The van der Waals surface area contributed by atoms with E-state index in [1.54, 1.807) is 11.7 Å². The summed E-state index contributed by atoms with van der Waals surface area (Å²) in [6.07, 6.45) is 0. The van der Waals surface area contributed by atoms with Crippen molar-refractivity contribution in [1.82, 2.24) is 19.4 Å². The Kier molecular flexibility index (Phi) is 6.92. The fourth-order valence-electron chi connectivity index (χ4n) is 4.73. The summed E-state index contributed by atoms with van der Waals surface area (Å²) in [5.41, 5.74) is 3.27. The van der Waals surface area contributed by atoms with Crippen molar-refractivity contribution in [2.75, 3.05) is 38.6 Å². The number of hydrogen-bond acceptors (Lipinski definition) is 5. The van der Waals surface area contributed by atoms with Crippen molar-refractivity contribution in [3.8, 4) is 11.4 Å². The van der Waals surface area contributed by atoms with Crippen LogP contribution in [0.4, 0.5) is 10.5 Å². The van der Waals surface area contributed by atoms with Crippen LogP contribution in [0.5, 0.6) is 5.75 Å². The van der Waals surface area contributed by atoms with Crippen LogP contribution >= 0.6 is 0 Å². The summed E-state index contributed by atoms with van der Waals surface area (Å²) < 4.78 is 6.91. The number of piperazine rings is 1. The second-order valence-electron chi connectivity index (χ2n) is 9.32. The van der Waals surface area contributed by atoms with Gasteiger partial charge in [0.15, 0.2) is 0 Å². The third kappa shape index (κ3) is 5.06. The van der Waals surface area contributed by atoms with Crippen LogP contribution in [0.25, 0.3) is 16.6 Å². The van der Waals surface area contributed by atoms with Crippen LogP contribution in [0, 0.1) is 6.92 Å². The number of carbonyl (C=O) groups excluding carboxylic acids is 1. The lowest BCUT2D eigenvalue weighted by Gasteiger charge is -2.38. The average Bonchev–Trinajstić information content (AvgIpc) is 2.94. The van der Waals surface area contributed by atoms with E-state index in [1.807, 2.05) is 84.6 Å². The molecule has 5 rings (SSSR count). The first-order valence-electron chi connectivity index (χ1n) is 12.5. The zero-order chi connectivity index (χ0) is 25.9. The van der Waals surface area contributed by atoms with Crippen LogP contribution in [0.15, 0.2) is 77.6 Å². The van der Waals surface area contributed by atoms with Gasteiger partial charge in [-0.15, -0.1) is 0 Å². The number of aryl methyl sites for hydroxylation is 1. The quantitative estimate of drug-likeness (QED) is 0.436. The van der Waals surface area contributed by atoms with E-state index in [0.717, 1.165) is 22.7 Å². The highest BCUT2D eigenvalue weighted by Crippen LogP contribution is 2.24. The molecule has 190 valence electrons. The second kappa shape index (κ2) is 10.4. The van der Waals surface area contributed by atoms with Gasteiger partial charge < -0.3 is 15.0 Å². The molecule has 0 spiro atoms. The molecule has 0 saturated carbocycles. The van der Waals surface area contributed by atoms with Crippen molar-refractivity contribution < 1.29 is 9.53 Å². The van der Waals surface area contributed by atoms with Crippen molar-refractivity contribution in [2.45, 2.75) is 19.9 Å². The van der Waals surface area contributed by atoms with Crippen molar-refractivity contribution in [2.24, 2.45) is 0 Å². The number of rotatable bonds is 5. The van der Waals surface area contributed by atoms with E-state index in [4.69, 9.17) is 9.72 Å². The number of methoxy groups -OCH3 is 1. The number of carbonyl (C=O) groups is 1. The van der Waals surface area contributed by atoms with Crippen LogP contribution in [-0.4, -0.2) is 58.7 Å². The predicted octanol–water partition coefficient (Wildman–Crippen LogP) is 4.61. The maximum Gasteiger partial charge on any atom is 0.321 e. The molecule has 1 aromatic heterocycles. The van der Waals surface area contributed by atoms with E-state index in [2.05, 4.69) is 17.1 Å². The molecule has 1 atom stereocenters. The van der Waals surface area contributed by atoms with Crippen LogP contribution in [0.3, 0.4) is 0 Å². The number of aromatic nitrogens is 2. The molecule has 0 bridgehead atoms. The zero-order valence-corrected chi connectivity index (χ0v) is 21.3. The normalized spacial score (nSPS) is 14.9. The molecule has 2 heterocycles. The molecule has 1 fully saturated rings. The number of nitrogens with one attached hydrogen (secondary N) is 1. The van der Waals surface area contributed by atoms with Gasteiger partial charge in [-0.2, -0.15) is 0 Å². The fraction of sp³-hybridized carbons (Fsp3) is 0.276. The SMILES string of the molecule is COc1ccc(NC(=O)N2CCN(C(C)c3nc4ccccc4c(=O)n3-c3ccc(C)cc3)CC2)cc1. The zero-order valence-electron chi connectivity index (χ0n) is 21.3. The molecule has 1 aliphatic rings. The Morgan fingerprint density at radius 2 is 1.62 bits per heavy atom. The Morgan fingerprint density at radius 1 is 0.946 bits per heavy atom. The molecule has 0 radical (unpaired) electrons. The standard InChI is InChI=1S/C29H31N5O3/c1-20-8-12-23(13-9-20)34-27(31-26-7-5-4-6-25(26)28(34)35)21(2)32-16-18-33(19-17-32)29(36)30-22-10-14-24(37-3)15-11-22/h4-15,21H,16-19H2,1-3H3,(H,30,36). The maximum atomic E-state index is 13.6. The third-order valence-electron chi connectivity index (χ3n) is 6.96. The topological polar surface area (TPSA) is 79.7 Å². The number of benzene rings is 3. The van der Waals surface area contributed by atoms with Gasteiger partial charge in [-0.3, -0.25) is 14.3 Å². The molecule has 1 saturated heterocycles. The van der Waals surface area contributed by atoms with Crippen molar-refractivity contribution in [3.63, 3.8) is 0 Å². The van der Waals surface area contributed by atoms with Crippen LogP contribution in [-0.2, 0) is 0 Å². The van der Waals surface area contributed by atoms with Crippen LogP contribution < -0.4 is 15.6 Å². The lowest BCUT2D eigenvalue weighted by Crippen LogP contribution is -2.51. The lowest BCUT2D eigenvalue weighted by atomic mass is 10.1. The Hall–Kier alpha value is -4.17. The monoisotopic (exact) mass is 497 g/mol. The molecule has 1 N–H and O–H groups in total. The van der Waals surface area contributed by atoms with Crippen LogP contribution in [0.1, 0.15) is 24.4 Å². The Labute approximate surface area is 216 Å². The maximum absolute atomic E-state index is 13.6. The smallest absolute Gasteiger partial charge is 0.321 e. The Balaban J connectivity index is 1.36. The molecular formula is C29H31N5O3. The van der Waals surface area contributed by atoms with Gasteiger partial charge >= 0.3 is 6.03 Å². The molecule has 2 amide bonds. The molecular weight excluding hydrogens is 466 g/mol. The van der Waals surface area contributed by atoms with Gasteiger partial charge in [0, 0.05) is 31.9 Å². The van der Waals surface area contributed by atoms with E-state index >= 15 is 0 Å². The molecule has 8 heteroatoms.